The van der Waals surface area contributed by atoms with Crippen molar-refractivity contribution in [2.24, 2.45) is 16.7 Å². The second kappa shape index (κ2) is 15.2. The first-order chi connectivity index (χ1) is 26.6. The minimum absolute atomic E-state index is 0.0498. The third kappa shape index (κ3) is 7.29. The van der Waals surface area contributed by atoms with Crippen LogP contribution in [0.3, 0.4) is 0 Å². The fraction of sp³-hybridized carbons (Fsp3) is 0.581. The van der Waals surface area contributed by atoms with Crippen LogP contribution in [0.1, 0.15) is 85.4 Å². The van der Waals surface area contributed by atoms with Gasteiger partial charge in [-0.1, -0.05) is 74.5 Å². The van der Waals surface area contributed by atoms with Crippen molar-refractivity contribution >= 4 is 23.8 Å². The molecule has 0 aromatic heterocycles. The van der Waals surface area contributed by atoms with Crippen LogP contribution in [0.4, 0.5) is 4.79 Å². The average Bonchev–Trinajstić information content (AvgIpc) is 3.13. The zero-order valence-corrected chi connectivity index (χ0v) is 33.7. The van der Waals surface area contributed by atoms with Gasteiger partial charge < -0.3 is 49.4 Å². The van der Waals surface area contributed by atoms with Crippen LogP contribution in [-0.4, -0.2) is 104 Å². The van der Waals surface area contributed by atoms with Crippen molar-refractivity contribution in [3.05, 3.63) is 82.9 Å². The smallest absolute Gasteiger partial charge is 0.408 e. The largest absolute Gasteiger partial charge is 0.456 e. The number of carbonyl (C=O) groups excluding carboxylic acids is 4. The van der Waals surface area contributed by atoms with Crippen LogP contribution in [0, 0.1) is 16.7 Å². The minimum atomic E-state index is -2.11. The number of aliphatic hydroxyl groups is 4. The highest BCUT2D eigenvalue weighted by Gasteiger charge is 2.77. The van der Waals surface area contributed by atoms with Gasteiger partial charge in [-0.25, -0.2) is 9.59 Å². The Labute approximate surface area is 332 Å². The van der Waals surface area contributed by atoms with Crippen molar-refractivity contribution in [3.63, 3.8) is 0 Å². The van der Waals surface area contributed by atoms with Crippen LogP contribution >= 0.6 is 0 Å². The van der Waals surface area contributed by atoms with Crippen LogP contribution in [0.2, 0.25) is 0 Å². The van der Waals surface area contributed by atoms with Gasteiger partial charge in [0.1, 0.15) is 29.5 Å². The number of nitrogens with one attached hydrogen (secondary N) is 1. The van der Waals surface area contributed by atoms with Crippen LogP contribution in [-0.2, 0) is 44.7 Å². The van der Waals surface area contributed by atoms with E-state index in [1.54, 1.807) is 71.9 Å². The van der Waals surface area contributed by atoms with Crippen molar-refractivity contribution in [2.45, 2.75) is 134 Å². The zero-order chi connectivity index (χ0) is 41.9. The predicted molar refractivity (Wildman–Crippen MR) is 203 cm³/mol. The number of Topliss-reactive ketones (excluding diaryl/α,β-unsaturated/α-hetero) is 1. The summed E-state index contributed by atoms with van der Waals surface area (Å²) in [5.74, 6) is -3.94. The first-order valence-corrected chi connectivity index (χ1v) is 19.3. The molecule has 57 heavy (non-hydrogen) atoms. The molecule has 3 aliphatic carbocycles. The molecule has 4 aliphatic rings. The van der Waals surface area contributed by atoms with Gasteiger partial charge in [0, 0.05) is 31.1 Å². The number of rotatable bonds is 9. The lowest BCUT2D eigenvalue weighted by molar-refractivity contribution is -0.351. The van der Waals surface area contributed by atoms with Crippen LogP contribution in [0.25, 0.3) is 0 Å². The van der Waals surface area contributed by atoms with Crippen molar-refractivity contribution < 1.29 is 63.3 Å². The molecule has 1 aliphatic heterocycles. The number of esters is 2. The van der Waals surface area contributed by atoms with E-state index >= 15 is 0 Å². The van der Waals surface area contributed by atoms with Gasteiger partial charge >= 0.3 is 18.0 Å². The Morgan fingerprint density at radius 1 is 1.00 bits per heavy atom. The van der Waals surface area contributed by atoms with E-state index in [1.807, 2.05) is 30.3 Å². The topological polar surface area (TPSA) is 207 Å². The van der Waals surface area contributed by atoms with Gasteiger partial charge in [-0.3, -0.25) is 9.59 Å². The Hall–Kier alpha value is -4.18. The first-order valence-electron chi connectivity index (χ1n) is 19.3. The zero-order valence-electron chi connectivity index (χ0n) is 33.7. The molecule has 2 aromatic carbocycles. The molecule has 6 rings (SSSR count). The van der Waals surface area contributed by atoms with Crippen LogP contribution in [0.5, 0.6) is 0 Å². The first kappa shape index (κ1) is 42.4. The summed E-state index contributed by atoms with van der Waals surface area (Å²) >= 11 is 0. The average molecular weight is 794 g/mol. The monoisotopic (exact) mass is 793 g/mol. The Morgan fingerprint density at radius 3 is 2.18 bits per heavy atom. The molecule has 1 unspecified atom stereocenters. The van der Waals surface area contributed by atoms with Gasteiger partial charge in [0.25, 0.3) is 0 Å². The highest BCUT2D eigenvalue weighted by molar-refractivity contribution is 5.93. The molecule has 14 heteroatoms. The second-order valence-electron chi connectivity index (χ2n) is 17.6. The molecule has 2 bridgehead atoms. The Kier molecular flexibility index (Phi) is 11.3. The highest BCUT2D eigenvalue weighted by atomic mass is 16.6. The summed E-state index contributed by atoms with van der Waals surface area (Å²) in [4.78, 5) is 54.8. The molecular formula is C43H55NO13. The molecule has 5 N–H and O–H groups in total. The quantitative estimate of drug-likeness (QED) is 0.140. The molecule has 1 amide bonds. The van der Waals surface area contributed by atoms with E-state index in [9.17, 15) is 39.6 Å². The molecule has 1 saturated heterocycles. The Balaban J connectivity index is 1.46. The van der Waals surface area contributed by atoms with E-state index in [0.29, 0.717) is 11.1 Å². The number of carbonyl (C=O) groups is 4. The van der Waals surface area contributed by atoms with Gasteiger partial charge in [-0.05, 0) is 56.9 Å². The summed E-state index contributed by atoms with van der Waals surface area (Å²) < 4.78 is 30.1. The van der Waals surface area contributed by atoms with Crippen molar-refractivity contribution in [1.29, 1.82) is 0 Å². The number of ketones is 1. The third-order valence-corrected chi connectivity index (χ3v) is 12.6. The number of hydrogen-bond acceptors (Lipinski definition) is 13. The maximum absolute atomic E-state index is 14.9. The number of hydrogen-bond donors (Lipinski definition) is 5. The molecule has 3 fully saturated rings. The number of alkyl carbamates (subject to hydrolysis) is 1. The van der Waals surface area contributed by atoms with Gasteiger partial charge in [0.15, 0.2) is 17.5 Å². The number of benzene rings is 2. The van der Waals surface area contributed by atoms with Gasteiger partial charge in [-0.15, -0.1) is 0 Å². The fourth-order valence-electron chi connectivity index (χ4n) is 9.63. The van der Waals surface area contributed by atoms with E-state index in [4.69, 9.17) is 23.7 Å². The molecule has 310 valence electrons. The summed E-state index contributed by atoms with van der Waals surface area (Å²) in [5.41, 5.74) is -6.50. The SMILES string of the molecule is CC(=O)O[C@@]12CO[C@@H]1C[C@H](O)[C@@]1(C)C(=O)[C@H](O)C3=C(C)[C@@H](OC(=O)[C@H](O)[C@@H](NC(=O)OC(C)(C)C)c4ccccc4)C[C@@](O)([C@@H](OCc4ccccc4)C12)C3(C)C. The third-order valence-electron chi connectivity index (χ3n) is 12.6. The summed E-state index contributed by atoms with van der Waals surface area (Å²) in [7, 11) is 0. The van der Waals surface area contributed by atoms with Gasteiger partial charge in [-0.2, -0.15) is 0 Å². The van der Waals surface area contributed by atoms with E-state index < -0.39 is 100 Å². The van der Waals surface area contributed by atoms with E-state index in [1.165, 1.54) is 13.8 Å². The molecule has 2 saturated carbocycles. The molecule has 14 nitrogen and oxygen atoms in total. The normalized spacial score (nSPS) is 34.2. The lowest BCUT2D eigenvalue weighted by atomic mass is 9.44. The number of ether oxygens (including phenoxy) is 5. The van der Waals surface area contributed by atoms with Crippen molar-refractivity contribution in [3.8, 4) is 0 Å². The lowest BCUT2D eigenvalue weighted by Crippen LogP contribution is -2.81. The van der Waals surface area contributed by atoms with Crippen molar-refractivity contribution in [1.82, 2.24) is 5.32 Å². The van der Waals surface area contributed by atoms with Gasteiger partial charge in [0.05, 0.1) is 36.9 Å². The highest BCUT2D eigenvalue weighted by Crippen LogP contribution is 2.64. The maximum atomic E-state index is 14.9. The van der Waals surface area contributed by atoms with Crippen LogP contribution in [0.15, 0.2) is 71.8 Å². The Morgan fingerprint density at radius 2 is 1.61 bits per heavy atom. The molecule has 0 spiro atoms. The van der Waals surface area contributed by atoms with Gasteiger partial charge in [0.2, 0.25) is 0 Å². The molecular weight excluding hydrogens is 738 g/mol. The number of amides is 1. The molecule has 0 radical (unpaired) electrons. The molecule has 1 heterocycles. The van der Waals surface area contributed by atoms with E-state index in [0.717, 1.165) is 0 Å². The van der Waals surface area contributed by atoms with E-state index in [-0.39, 0.29) is 37.2 Å². The lowest BCUT2D eigenvalue weighted by Gasteiger charge is -2.67. The number of aliphatic hydroxyl groups excluding tert-OH is 3. The molecule has 2 aromatic rings. The summed E-state index contributed by atoms with van der Waals surface area (Å²) in [6, 6.07) is 16.0. The second-order valence-corrected chi connectivity index (χ2v) is 17.6. The maximum Gasteiger partial charge on any atom is 0.408 e. The standard InChI is InChI=1S/C43H55NO13/c1-23-27(55-37(50)33(48)31(26-17-13-10-14-18-26)44-38(51)57-39(3,4)5)20-43(52)36(53-21-25-15-11-9-12-16-25)34-41(8,35(49)32(47)30(23)40(43,6)7)28(46)19-29-42(34,22-54-29)56-24(2)45/h9-18,27-29,31-34,36,46-48,52H,19-22H2,1-8H3,(H,44,51)/t27-,28-,29+,31-,32+,33+,34?,36-,41+,42-,43+/m0/s1. The summed E-state index contributed by atoms with van der Waals surface area (Å²) in [6.07, 6.45) is -10.3. The van der Waals surface area contributed by atoms with Crippen molar-refractivity contribution in [2.75, 3.05) is 6.61 Å². The summed E-state index contributed by atoms with van der Waals surface area (Å²) in [6.45, 7) is 12.3. The van der Waals surface area contributed by atoms with E-state index in [2.05, 4.69) is 5.32 Å². The fourth-order valence-corrected chi connectivity index (χ4v) is 9.63. The predicted octanol–water partition coefficient (Wildman–Crippen LogP) is 3.62. The minimum Gasteiger partial charge on any atom is -0.456 e. The Bertz CT molecular complexity index is 1890. The summed E-state index contributed by atoms with van der Waals surface area (Å²) in [5, 5.41) is 51.7. The molecule has 11 atom stereocenters. The van der Waals surface area contributed by atoms with Crippen LogP contribution < -0.4 is 5.32 Å². The number of fused-ring (bicyclic) bond motifs is 5.